The van der Waals surface area contributed by atoms with Gasteiger partial charge in [-0.15, -0.1) is 0 Å². The molecule has 3 unspecified atom stereocenters. The van der Waals surface area contributed by atoms with Crippen molar-refractivity contribution in [1.29, 1.82) is 0 Å². The molecule has 0 aliphatic carbocycles. The first-order chi connectivity index (χ1) is 7.52. The molecule has 3 nitrogen and oxygen atoms in total. The maximum atomic E-state index is 12.0. The summed E-state index contributed by atoms with van der Waals surface area (Å²) in [5.74, 6) is 1.16. The van der Waals surface area contributed by atoms with Crippen molar-refractivity contribution in [3.05, 3.63) is 0 Å². The first-order valence-corrected chi connectivity index (χ1v) is 7.50. The van der Waals surface area contributed by atoms with Gasteiger partial charge in [0.2, 0.25) is 0 Å². The molecule has 0 saturated carbocycles. The number of hydrogen-bond donors (Lipinski definition) is 1. The summed E-state index contributed by atoms with van der Waals surface area (Å²) in [7, 11) is 0.917. The fraction of sp³-hybridized carbons (Fsp3) is 1.00. The van der Waals surface area contributed by atoms with Crippen molar-refractivity contribution in [3.63, 3.8) is 0 Å². The van der Waals surface area contributed by atoms with Gasteiger partial charge in [-0.05, 0) is 18.9 Å². The SMILES string of the molecule is CCCNC(COC)CS(=O)C(C)C(C)C. The Morgan fingerprint density at radius 3 is 2.38 bits per heavy atom. The van der Waals surface area contributed by atoms with Gasteiger partial charge in [-0.1, -0.05) is 27.7 Å². The summed E-state index contributed by atoms with van der Waals surface area (Å²) in [4.78, 5) is 0. The van der Waals surface area contributed by atoms with E-state index < -0.39 is 10.8 Å². The van der Waals surface area contributed by atoms with Crippen LogP contribution in [0.2, 0.25) is 0 Å². The zero-order valence-corrected chi connectivity index (χ0v) is 12.1. The molecule has 0 aromatic carbocycles. The van der Waals surface area contributed by atoms with Crippen molar-refractivity contribution < 1.29 is 8.95 Å². The summed E-state index contributed by atoms with van der Waals surface area (Å²) in [6.07, 6.45) is 1.09. The van der Waals surface area contributed by atoms with E-state index >= 15 is 0 Å². The van der Waals surface area contributed by atoms with Gasteiger partial charge >= 0.3 is 0 Å². The predicted molar refractivity (Wildman–Crippen MR) is 71.3 cm³/mol. The smallest absolute Gasteiger partial charge is 0.0624 e. The Bertz CT molecular complexity index is 197. The van der Waals surface area contributed by atoms with Crippen LogP contribution in [0.3, 0.4) is 0 Å². The van der Waals surface area contributed by atoms with Crippen LogP contribution in [0.5, 0.6) is 0 Å². The van der Waals surface area contributed by atoms with Gasteiger partial charge < -0.3 is 10.1 Å². The van der Waals surface area contributed by atoms with Crippen LogP contribution in [0.1, 0.15) is 34.1 Å². The van der Waals surface area contributed by atoms with Crippen molar-refractivity contribution in [3.8, 4) is 0 Å². The second kappa shape index (κ2) is 9.14. The lowest BCUT2D eigenvalue weighted by molar-refractivity contribution is 0.173. The molecule has 16 heavy (non-hydrogen) atoms. The minimum atomic E-state index is -0.772. The average molecular weight is 249 g/mol. The second-order valence-electron chi connectivity index (χ2n) is 4.60. The number of nitrogens with one attached hydrogen (secondary N) is 1. The molecule has 0 fully saturated rings. The maximum absolute atomic E-state index is 12.0. The van der Waals surface area contributed by atoms with E-state index in [1.54, 1.807) is 7.11 Å². The van der Waals surface area contributed by atoms with Crippen LogP contribution in [0.4, 0.5) is 0 Å². The fourth-order valence-corrected chi connectivity index (χ4v) is 2.89. The Hall–Kier alpha value is 0.0700. The Morgan fingerprint density at radius 2 is 1.94 bits per heavy atom. The standard InChI is InChI=1S/C12H27NO2S/c1-6-7-13-12(8-15-5)9-16(14)11(4)10(2)3/h10-13H,6-9H2,1-5H3. The van der Waals surface area contributed by atoms with Crippen molar-refractivity contribution in [2.24, 2.45) is 5.92 Å². The molecular formula is C12H27NO2S. The summed E-state index contributed by atoms with van der Waals surface area (Å²) in [5, 5.41) is 3.63. The highest BCUT2D eigenvalue weighted by atomic mass is 32.2. The molecule has 3 atom stereocenters. The first kappa shape index (κ1) is 16.1. The lowest BCUT2D eigenvalue weighted by Crippen LogP contribution is -2.40. The normalized spacial score (nSPS) is 17.4. The van der Waals surface area contributed by atoms with Crippen LogP contribution >= 0.6 is 0 Å². The molecule has 0 aromatic rings. The Morgan fingerprint density at radius 1 is 1.31 bits per heavy atom. The summed E-state index contributed by atoms with van der Waals surface area (Å²) >= 11 is 0. The second-order valence-corrected chi connectivity index (χ2v) is 6.44. The van der Waals surface area contributed by atoms with E-state index in [0.29, 0.717) is 18.3 Å². The predicted octanol–water partition coefficient (Wildman–Crippen LogP) is 1.79. The van der Waals surface area contributed by atoms with Crippen LogP contribution in [-0.2, 0) is 15.5 Å². The largest absolute Gasteiger partial charge is 0.383 e. The van der Waals surface area contributed by atoms with E-state index in [1.165, 1.54) is 0 Å². The highest BCUT2D eigenvalue weighted by Gasteiger charge is 2.19. The van der Waals surface area contributed by atoms with Gasteiger partial charge in [0.05, 0.1) is 6.61 Å². The quantitative estimate of drug-likeness (QED) is 0.677. The monoisotopic (exact) mass is 249 g/mol. The molecule has 98 valence electrons. The van der Waals surface area contributed by atoms with Crippen LogP contribution in [0.15, 0.2) is 0 Å². The van der Waals surface area contributed by atoms with Crippen LogP contribution in [-0.4, -0.2) is 41.5 Å². The summed E-state index contributed by atoms with van der Waals surface area (Å²) in [6, 6.07) is 0.215. The van der Waals surface area contributed by atoms with Crippen molar-refractivity contribution in [2.45, 2.75) is 45.4 Å². The van der Waals surface area contributed by atoms with Crippen LogP contribution < -0.4 is 5.32 Å². The third-order valence-electron chi connectivity index (χ3n) is 2.77. The first-order valence-electron chi connectivity index (χ1n) is 6.12. The number of ether oxygens (including phenoxy) is 1. The lowest BCUT2D eigenvalue weighted by atomic mass is 10.2. The third-order valence-corrected chi connectivity index (χ3v) is 4.87. The van der Waals surface area contributed by atoms with E-state index in [-0.39, 0.29) is 11.3 Å². The minimum absolute atomic E-state index is 0.215. The van der Waals surface area contributed by atoms with Gasteiger partial charge in [0, 0.05) is 35.0 Å². The van der Waals surface area contributed by atoms with Gasteiger partial charge in [0.1, 0.15) is 0 Å². The summed E-state index contributed by atoms with van der Waals surface area (Å²) < 4.78 is 17.2. The van der Waals surface area contributed by atoms with Gasteiger partial charge in [0.25, 0.3) is 0 Å². The molecule has 1 N–H and O–H groups in total. The third kappa shape index (κ3) is 6.61. The molecule has 0 rings (SSSR count). The van der Waals surface area contributed by atoms with E-state index in [2.05, 4.69) is 33.0 Å². The molecule has 0 radical (unpaired) electrons. The van der Waals surface area contributed by atoms with E-state index in [1.807, 2.05) is 0 Å². The zero-order valence-electron chi connectivity index (χ0n) is 11.3. The molecule has 0 aliphatic heterocycles. The number of rotatable bonds is 9. The Balaban J connectivity index is 4.11. The lowest BCUT2D eigenvalue weighted by Gasteiger charge is -2.21. The van der Waals surface area contributed by atoms with Gasteiger partial charge in [-0.3, -0.25) is 4.21 Å². The Kier molecular flexibility index (Phi) is 9.18. The van der Waals surface area contributed by atoms with Gasteiger partial charge in [-0.2, -0.15) is 0 Å². The Labute approximate surface area is 103 Å². The van der Waals surface area contributed by atoms with E-state index in [0.717, 1.165) is 13.0 Å². The van der Waals surface area contributed by atoms with E-state index in [9.17, 15) is 4.21 Å². The highest BCUT2D eigenvalue weighted by Crippen LogP contribution is 2.09. The molecule has 0 aromatic heterocycles. The summed E-state index contributed by atoms with van der Waals surface area (Å²) in [5.41, 5.74) is 0. The van der Waals surface area contributed by atoms with Gasteiger partial charge in [-0.25, -0.2) is 0 Å². The molecule has 0 spiro atoms. The molecule has 4 heteroatoms. The zero-order chi connectivity index (χ0) is 12.6. The molecular weight excluding hydrogens is 222 g/mol. The van der Waals surface area contributed by atoms with Crippen LogP contribution in [0.25, 0.3) is 0 Å². The molecule has 0 bridgehead atoms. The highest BCUT2D eigenvalue weighted by molar-refractivity contribution is 7.85. The molecule has 0 aliphatic rings. The van der Waals surface area contributed by atoms with Crippen molar-refractivity contribution in [1.82, 2.24) is 5.32 Å². The van der Waals surface area contributed by atoms with Crippen LogP contribution in [0, 0.1) is 5.92 Å². The van der Waals surface area contributed by atoms with Gasteiger partial charge in [0.15, 0.2) is 0 Å². The number of hydrogen-bond acceptors (Lipinski definition) is 3. The molecule has 0 saturated heterocycles. The molecule has 0 amide bonds. The van der Waals surface area contributed by atoms with Crippen molar-refractivity contribution in [2.75, 3.05) is 26.0 Å². The molecule has 0 heterocycles. The van der Waals surface area contributed by atoms with E-state index in [4.69, 9.17) is 4.74 Å². The summed E-state index contributed by atoms with van der Waals surface area (Å²) in [6.45, 7) is 10.0. The minimum Gasteiger partial charge on any atom is -0.383 e. The van der Waals surface area contributed by atoms with Crippen molar-refractivity contribution >= 4 is 10.8 Å². The maximum Gasteiger partial charge on any atom is 0.0624 e. The fourth-order valence-electron chi connectivity index (χ4n) is 1.37. The number of methoxy groups -OCH3 is 1. The topological polar surface area (TPSA) is 38.3 Å². The average Bonchev–Trinajstić information content (AvgIpc) is 2.24.